The van der Waals surface area contributed by atoms with Crippen molar-refractivity contribution < 1.29 is 4.79 Å². The zero-order valence-corrected chi connectivity index (χ0v) is 9.07. The van der Waals surface area contributed by atoms with Crippen LogP contribution in [0, 0.1) is 5.92 Å². The van der Waals surface area contributed by atoms with Crippen LogP contribution in [0.2, 0.25) is 0 Å². The summed E-state index contributed by atoms with van der Waals surface area (Å²) in [5.41, 5.74) is 6.60. The summed E-state index contributed by atoms with van der Waals surface area (Å²) in [7, 11) is 0. The van der Waals surface area contributed by atoms with E-state index in [-0.39, 0.29) is 11.8 Å². The van der Waals surface area contributed by atoms with Crippen LogP contribution < -0.4 is 11.1 Å². The van der Waals surface area contributed by atoms with Gasteiger partial charge in [-0.2, -0.15) is 0 Å². The second-order valence-electron chi connectivity index (χ2n) is 3.54. The molecule has 1 rings (SSSR count). The predicted molar refractivity (Wildman–Crippen MR) is 61.1 cm³/mol. The maximum absolute atomic E-state index is 11.6. The summed E-state index contributed by atoms with van der Waals surface area (Å²) in [6.45, 7) is 2.97. The molecule has 0 fully saturated rings. The molecule has 0 heterocycles. The topological polar surface area (TPSA) is 55.1 Å². The Hall–Kier alpha value is -1.35. The van der Waals surface area contributed by atoms with Gasteiger partial charge >= 0.3 is 0 Å². The zero-order valence-electron chi connectivity index (χ0n) is 9.07. The van der Waals surface area contributed by atoms with Crippen molar-refractivity contribution in [1.29, 1.82) is 0 Å². The molecule has 3 nitrogen and oxygen atoms in total. The highest BCUT2D eigenvalue weighted by atomic mass is 16.1. The first-order valence-electron chi connectivity index (χ1n) is 5.29. The van der Waals surface area contributed by atoms with Gasteiger partial charge in [-0.3, -0.25) is 4.79 Å². The van der Waals surface area contributed by atoms with Crippen molar-refractivity contribution >= 4 is 5.91 Å². The number of hydrogen-bond donors (Lipinski definition) is 2. The summed E-state index contributed by atoms with van der Waals surface area (Å²) >= 11 is 0. The van der Waals surface area contributed by atoms with Crippen LogP contribution in [0.5, 0.6) is 0 Å². The third-order valence-corrected chi connectivity index (χ3v) is 2.46. The smallest absolute Gasteiger partial charge is 0.224 e. The number of benzene rings is 1. The maximum atomic E-state index is 11.6. The van der Waals surface area contributed by atoms with Crippen molar-refractivity contribution in [3.05, 3.63) is 35.9 Å². The minimum absolute atomic E-state index is 0.0452. The molecule has 1 amide bonds. The number of carbonyl (C=O) groups is 1. The van der Waals surface area contributed by atoms with Crippen LogP contribution in [-0.4, -0.2) is 12.5 Å². The van der Waals surface area contributed by atoms with E-state index in [9.17, 15) is 4.79 Å². The van der Waals surface area contributed by atoms with E-state index in [1.807, 2.05) is 37.3 Å². The lowest BCUT2D eigenvalue weighted by Crippen LogP contribution is -2.34. The van der Waals surface area contributed by atoms with Gasteiger partial charge in [0.2, 0.25) is 5.91 Å². The van der Waals surface area contributed by atoms with Gasteiger partial charge in [0.1, 0.15) is 0 Å². The van der Waals surface area contributed by atoms with E-state index in [1.54, 1.807) is 0 Å². The molecule has 1 unspecified atom stereocenters. The highest BCUT2D eigenvalue weighted by Gasteiger charge is 2.13. The Morgan fingerprint density at radius 3 is 2.60 bits per heavy atom. The van der Waals surface area contributed by atoms with Gasteiger partial charge in [0, 0.05) is 19.0 Å². The van der Waals surface area contributed by atoms with Gasteiger partial charge in [-0.05, 0) is 12.0 Å². The van der Waals surface area contributed by atoms with Crippen molar-refractivity contribution in [2.24, 2.45) is 11.7 Å². The number of rotatable bonds is 5. The summed E-state index contributed by atoms with van der Waals surface area (Å²) in [6, 6.07) is 9.86. The summed E-state index contributed by atoms with van der Waals surface area (Å²) in [6.07, 6.45) is 0.789. The molecule has 0 aliphatic heterocycles. The van der Waals surface area contributed by atoms with Crippen LogP contribution in [0.4, 0.5) is 0 Å². The standard InChI is InChI=1S/C12H18N2O/c1-2-11(8-13)12(15)14-9-10-6-4-3-5-7-10/h3-7,11H,2,8-9,13H2,1H3,(H,14,15). The normalized spacial score (nSPS) is 12.1. The molecule has 0 radical (unpaired) electrons. The lowest BCUT2D eigenvalue weighted by Gasteiger charge is -2.12. The number of hydrogen-bond acceptors (Lipinski definition) is 2. The van der Waals surface area contributed by atoms with Gasteiger partial charge < -0.3 is 11.1 Å². The fourth-order valence-corrected chi connectivity index (χ4v) is 1.39. The Kier molecular flexibility index (Phi) is 4.84. The molecule has 82 valence electrons. The van der Waals surface area contributed by atoms with Gasteiger partial charge in [-0.25, -0.2) is 0 Å². The molecule has 1 aromatic carbocycles. The summed E-state index contributed by atoms with van der Waals surface area (Å²) in [5.74, 6) is -0.0161. The fourth-order valence-electron chi connectivity index (χ4n) is 1.39. The molecule has 0 spiro atoms. The molecule has 0 aromatic heterocycles. The van der Waals surface area contributed by atoms with Crippen molar-refractivity contribution in [2.75, 3.05) is 6.54 Å². The average molecular weight is 206 g/mol. The van der Waals surface area contributed by atoms with Crippen molar-refractivity contribution in [3.8, 4) is 0 Å². The van der Waals surface area contributed by atoms with Crippen LogP contribution in [0.1, 0.15) is 18.9 Å². The predicted octanol–water partition coefficient (Wildman–Crippen LogP) is 1.29. The Labute approximate surface area is 90.7 Å². The van der Waals surface area contributed by atoms with Crippen molar-refractivity contribution in [2.45, 2.75) is 19.9 Å². The number of nitrogens with two attached hydrogens (primary N) is 1. The molecular weight excluding hydrogens is 188 g/mol. The van der Waals surface area contributed by atoms with Crippen molar-refractivity contribution in [1.82, 2.24) is 5.32 Å². The van der Waals surface area contributed by atoms with Gasteiger partial charge in [0.05, 0.1) is 0 Å². The Morgan fingerprint density at radius 1 is 1.40 bits per heavy atom. The molecule has 3 heteroatoms. The molecule has 1 atom stereocenters. The SMILES string of the molecule is CCC(CN)C(=O)NCc1ccccc1. The first-order chi connectivity index (χ1) is 7.27. The summed E-state index contributed by atoms with van der Waals surface area (Å²) in [4.78, 5) is 11.6. The molecule has 0 saturated heterocycles. The molecule has 15 heavy (non-hydrogen) atoms. The van der Waals surface area contributed by atoms with Gasteiger partial charge in [-0.15, -0.1) is 0 Å². The molecule has 0 aliphatic rings. The molecule has 0 bridgehead atoms. The van der Waals surface area contributed by atoms with Crippen LogP contribution in [0.3, 0.4) is 0 Å². The Balaban J connectivity index is 2.40. The first-order valence-corrected chi connectivity index (χ1v) is 5.29. The Bertz CT molecular complexity index is 294. The first kappa shape index (κ1) is 11.7. The molecule has 1 aromatic rings. The second kappa shape index (κ2) is 6.19. The number of nitrogens with one attached hydrogen (secondary N) is 1. The highest BCUT2D eigenvalue weighted by Crippen LogP contribution is 2.02. The highest BCUT2D eigenvalue weighted by molar-refractivity contribution is 5.78. The molecule has 0 saturated carbocycles. The minimum Gasteiger partial charge on any atom is -0.352 e. The largest absolute Gasteiger partial charge is 0.352 e. The van der Waals surface area contributed by atoms with E-state index in [2.05, 4.69) is 5.32 Å². The number of carbonyl (C=O) groups excluding carboxylic acids is 1. The lowest BCUT2D eigenvalue weighted by molar-refractivity contribution is -0.124. The van der Waals surface area contributed by atoms with Gasteiger partial charge in [-0.1, -0.05) is 37.3 Å². The van der Waals surface area contributed by atoms with E-state index in [0.29, 0.717) is 13.1 Å². The number of amides is 1. The average Bonchev–Trinajstić information content (AvgIpc) is 2.29. The third kappa shape index (κ3) is 3.72. The Morgan fingerprint density at radius 2 is 2.07 bits per heavy atom. The molecule has 3 N–H and O–H groups in total. The lowest BCUT2D eigenvalue weighted by atomic mass is 10.1. The second-order valence-corrected chi connectivity index (χ2v) is 3.54. The van der Waals surface area contributed by atoms with Crippen LogP contribution in [0.25, 0.3) is 0 Å². The molecular formula is C12H18N2O. The van der Waals surface area contributed by atoms with E-state index in [0.717, 1.165) is 12.0 Å². The maximum Gasteiger partial charge on any atom is 0.224 e. The van der Waals surface area contributed by atoms with Crippen LogP contribution in [-0.2, 0) is 11.3 Å². The minimum atomic E-state index is -0.0614. The van der Waals surface area contributed by atoms with E-state index in [1.165, 1.54) is 0 Å². The van der Waals surface area contributed by atoms with Crippen molar-refractivity contribution in [3.63, 3.8) is 0 Å². The summed E-state index contributed by atoms with van der Waals surface area (Å²) in [5, 5.41) is 2.88. The monoisotopic (exact) mass is 206 g/mol. The van der Waals surface area contributed by atoms with E-state index < -0.39 is 0 Å². The van der Waals surface area contributed by atoms with E-state index in [4.69, 9.17) is 5.73 Å². The molecule has 0 aliphatic carbocycles. The third-order valence-electron chi connectivity index (χ3n) is 2.46. The van der Waals surface area contributed by atoms with Crippen LogP contribution >= 0.6 is 0 Å². The fraction of sp³-hybridized carbons (Fsp3) is 0.417. The van der Waals surface area contributed by atoms with Crippen LogP contribution in [0.15, 0.2) is 30.3 Å². The zero-order chi connectivity index (χ0) is 11.1. The van der Waals surface area contributed by atoms with Gasteiger partial charge in [0.25, 0.3) is 0 Å². The van der Waals surface area contributed by atoms with Gasteiger partial charge in [0.15, 0.2) is 0 Å². The summed E-state index contributed by atoms with van der Waals surface area (Å²) < 4.78 is 0. The van der Waals surface area contributed by atoms with E-state index >= 15 is 0 Å². The quantitative estimate of drug-likeness (QED) is 0.762.